The molecule has 1 aromatic rings. The maximum Gasteiger partial charge on any atom is 0.308 e. The molecule has 31 heavy (non-hydrogen) atoms. The van der Waals surface area contributed by atoms with Crippen LogP contribution in [0, 0.1) is 23.7 Å². The number of benzene rings is 1. The number of aliphatic hydroxyl groups is 1. The summed E-state index contributed by atoms with van der Waals surface area (Å²) in [7, 11) is 0. The van der Waals surface area contributed by atoms with Crippen molar-refractivity contribution in [2.24, 2.45) is 23.7 Å². The minimum absolute atomic E-state index is 0.0344. The van der Waals surface area contributed by atoms with Crippen molar-refractivity contribution in [3.05, 3.63) is 35.9 Å². The van der Waals surface area contributed by atoms with Crippen molar-refractivity contribution in [3.8, 4) is 0 Å². The predicted molar refractivity (Wildman–Crippen MR) is 109 cm³/mol. The van der Waals surface area contributed by atoms with Gasteiger partial charge in [-0.25, -0.2) is 9.78 Å². The summed E-state index contributed by atoms with van der Waals surface area (Å²) in [6.45, 7) is 5.89. The van der Waals surface area contributed by atoms with Gasteiger partial charge in [-0.1, -0.05) is 44.2 Å². The minimum atomic E-state index is -0.912. The van der Waals surface area contributed by atoms with E-state index in [0.717, 1.165) is 12.0 Å². The van der Waals surface area contributed by atoms with Crippen molar-refractivity contribution in [1.29, 1.82) is 0 Å². The monoisotopic (exact) mass is 432 g/mol. The fourth-order valence-corrected chi connectivity index (χ4v) is 6.04. The number of aliphatic hydroxyl groups excluding tert-OH is 1. The molecular formula is C24H32O7. The summed E-state index contributed by atoms with van der Waals surface area (Å²) in [6.07, 6.45) is 0.973. The van der Waals surface area contributed by atoms with Crippen LogP contribution in [0.4, 0.5) is 0 Å². The van der Waals surface area contributed by atoms with Gasteiger partial charge in [0, 0.05) is 30.6 Å². The lowest BCUT2D eigenvalue weighted by atomic mass is 9.57. The number of ether oxygens (including phenoxy) is 3. The topological polar surface area (TPSA) is 83.5 Å². The number of hydrogen-bond acceptors (Lipinski definition) is 7. The summed E-state index contributed by atoms with van der Waals surface area (Å²) in [5.41, 5.74) is 0.284. The zero-order valence-corrected chi connectivity index (χ0v) is 18.4. The van der Waals surface area contributed by atoms with Gasteiger partial charge in [-0.3, -0.25) is 4.79 Å². The predicted octanol–water partition coefficient (Wildman–Crippen LogP) is 3.34. The fraction of sp³-hybridized carbons (Fsp3) is 0.708. The summed E-state index contributed by atoms with van der Waals surface area (Å²) >= 11 is 0. The molecule has 1 saturated carbocycles. The van der Waals surface area contributed by atoms with Gasteiger partial charge in [0.05, 0.1) is 6.10 Å². The molecule has 9 atom stereocenters. The highest BCUT2D eigenvalue weighted by Crippen LogP contribution is 2.60. The van der Waals surface area contributed by atoms with Gasteiger partial charge < -0.3 is 19.3 Å². The first kappa shape index (κ1) is 21.3. The van der Waals surface area contributed by atoms with Crippen molar-refractivity contribution in [3.63, 3.8) is 0 Å². The molecule has 4 saturated heterocycles. The van der Waals surface area contributed by atoms with Crippen LogP contribution in [0.25, 0.3) is 0 Å². The number of hydrogen-bond donors (Lipinski definition) is 1. The molecule has 1 aromatic carbocycles. The van der Waals surface area contributed by atoms with E-state index in [1.807, 2.05) is 44.2 Å². The Bertz CT molecular complexity index is 811. The molecule has 1 aliphatic carbocycles. The maximum absolute atomic E-state index is 12.6. The number of carbonyl (C=O) groups is 1. The van der Waals surface area contributed by atoms with E-state index in [1.54, 1.807) is 0 Å². The van der Waals surface area contributed by atoms with E-state index in [4.69, 9.17) is 24.0 Å². The van der Waals surface area contributed by atoms with Crippen molar-refractivity contribution in [2.45, 2.75) is 82.9 Å². The molecule has 0 aromatic heterocycles. The maximum atomic E-state index is 12.6. The lowest BCUT2D eigenvalue weighted by molar-refractivity contribution is -0.577. The Hall–Kier alpha value is -1.51. The third-order valence-corrected chi connectivity index (χ3v) is 7.92. The molecule has 5 fully saturated rings. The van der Waals surface area contributed by atoms with Crippen LogP contribution in [0.2, 0.25) is 0 Å². The highest BCUT2D eigenvalue weighted by atomic mass is 17.3. The van der Waals surface area contributed by atoms with E-state index in [1.165, 1.54) is 0 Å². The second kappa shape index (κ2) is 7.81. The van der Waals surface area contributed by atoms with Crippen molar-refractivity contribution in [2.75, 3.05) is 0 Å². The first-order valence-corrected chi connectivity index (χ1v) is 11.4. The van der Waals surface area contributed by atoms with Crippen LogP contribution >= 0.6 is 0 Å². The molecule has 4 aliphatic heterocycles. The third kappa shape index (κ3) is 3.51. The quantitative estimate of drug-likeness (QED) is 0.577. The molecule has 7 nitrogen and oxygen atoms in total. The van der Waals surface area contributed by atoms with Crippen LogP contribution < -0.4 is 0 Å². The molecule has 0 unspecified atom stereocenters. The second-order valence-corrected chi connectivity index (χ2v) is 9.86. The zero-order chi connectivity index (χ0) is 21.8. The first-order valence-electron chi connectivity index (χ1n) is 11.4. The van der Waals surface area contributed by atoms with E-state index < -0.39 is 30.1 Å². The fourth-order valence-electron chi connectivity index (χ4n) is 6.04. The van der Waals surface area contributed by atoms with Crippen LogP contribution in [-0.4, -0.2) is 41.1 Å². The van der Waals surface area contributed by atoms with E-state index >= 15 is 0 Å². The van der Waals surface area contributed by atoms with Crippen molar-refractivity contribution >= 4 is 5.97 Å². The average Bonchev–Trinajstić information content (AvgIpc) is 2.99. The van der Waals surface area contributed by atoms with Gasteiger partial charge in [0.1, 0.15) is 0 Å². The van der Waals surface area contributed by atoms with Crippen LogP contribution in [-0.2, 0) is 35.2 Å². The Kier molecular flexibility index (Phi) is 5.38. The van der Waals surface area contributed by atoms with Gasteiger partial charge in [0.15, 0.2) is 11.9 Å². The van der Waals surface area contributed by atoms with Crippen LogP contribution in [0.1, 0.15) is 52.0 Å². The van der Waals surface area contributed by atoms with Gasteiger partial charge in [-0.2, -0.15) is 0 Å². The smallest absolute Gasteiger partial charge is 0.308 e. The van der Waals surface area contributed by atoms with Crippen molar-refractivity contribution < 1.29 is 33.9 Å². The van der Waals surface area contributed by atoms with Crippen molar-refractivity contribution in [1.82, 2.24) is 0 Å². The largest absolute Gasteiger partial charge is 0.435 e. The Morgan fingerprint density at radius 2 is 1.94 bits per heavy atom. The normalized spacial score (nSPS) is 46.1. The highest BCUT2D eigenvalue weighted by Gasteiger charge is 2.71. The number of fused-ring (bicyclic) bond motifs is 2. The number of aryl methyl sites for hydroxylation is 1. The standard InChI is InChI=1S/C24H32O7/c1-14-17-11-12-23(3)29-22-24(17,31-30-23)18(13-19(14)25)15(2)21(28-22)27-20(26)10-9-16-7-5-4-6-8-16/h4-8,14-15,17-19,21-22,25H,9-13H2,1-3H3/t14-,15+,17-,18-,19+,21+,22+,23+,24+/m0/s1. The van der Waals surface area contributed by atoms with Gasteiger partial charge in [-0.15, -0.1) is 0 Å². The number of esters is 1. The summed E-state index contributed by atoms with van der Waals surface area (Å²) in [5, 5.41) is 10.8. The molecular weight excluding hydrogens is 400 g/mol. The van der Waals surface area contributed by atoms with Crippen LogP contribution in [0.3, 0.4) is 0 Å². The van der Waals surface area contributed by atoms with Gasteiger partial charge >= 0.3 is 5.97 Å². The zero-order valence-electron chi connectivity index (χ0n) is 18.4. The molecule has 4 heterocycles. The second-order valence-electron chi connectivity index (χ2n) is 9.86. The van der Waals surface area contributed by atoms with E-state index in [-0.39, 0.29) is 36.1 Å². The van der Waals surface area contributed by atoms with Gasteiger partial charge in [-0.05, 0) is 37.7 Å². The molecule has 6 rings (SSSR count). The SMILES string of the molecule is C[C@@H]1[C@H](O)C[C@H]2[C@@H](C)[C@H](OC(=O)CCc3ccccc3)O[C@@H]3O[C@@]4(C)CC[C@@H]1[C@]32OO4. The van der Waals surface area contributed by atoms with Gasteiger partial charge in [0.25, 0.3) is 0 Å². The minimum Gasteiger partial charge on any atom is -0.435 e. The molecule has 0 radical (unpaired) electrons. The van der Waals surface area contributed by atoms with E-state index in [2.05, 4.69) is 6.92 Å². The molecule has 170 valence electrons. The van der Waals surface area contributed by atoms with E-state index in [9.17, 15) is 9.90 Å². The molecule has 1 N–H and O–H groups in total. The first-order chi connectivity index (χ1) is 14.8. The molecule has 2 bridgehead atoms. The molecule has 0 amide bonds. The summed E-state index contributed by atoms with van der Waals surface area (Å²) in [5.74, 6) is -1.43. The Morgan fingerprint density at radius 3 is 2.71 bits per heavy atom. The summed E-state index contributed by atoms with van der Waals surface area (Å²) < 4.78 is 18.3. The third-order valence-electron chi connectivity index (χ3n) is 7.92. The Labute approximate surface area is 182 Å². The summed E-state index contributed by atoms with van der Waals surface area (Å²) in [6, 6.07) is 9.86. The number of rotatable bonds is 4. The average molecular weight is 433 g/mol. The van der Waals surface area contributed by atoms with Gasteiger partial charge in [0.2, 0.25) is 12.1 Å². The number of carbonyl (C=O) groups excluding carboxylic acids is 1. The molecule has 5 aliphatic rings. The highest BCUT2D eigenvalue weighted by molar-refractivity contribution is 5.69. The van der Waals surface area contributed by atoms with E-state index in [0.29, 0.717) is 19.3 Å². The lowest BCUT2D eigenvalue weighted by Gasteiger charge is -2.60. The molecule has 1 spiro atoms. The van der Waals surface area contributed by atoms with Crippen LogP contribution in [0.5, 0.6) is 0 Å². The Morgan fingerprint density at radius 1 is 1.16 bits per heavy atom. The summed E-state index contributed by atoms with van der Waals surface area (Å²) in [4.78, 5) is 24.5. The Balaban J connectivity index is 1.35. The van der Waals surface area contributed by atoms with Crippen LogP contribution in [0.15, 0.2) is 30.3 Å². The molecule has 7 heteroatoms. The lowest BCUT2D eigenvalue weighted by Crippen LogP contribution is -2.72.